The summed E-state index contributed by atoms with van der Waals surface area (Å²) in [5.74, 6) is -0.453. The predicted molar refractivity (Wildman–Crippen MR) is 134 cm³/mol. The number of carbonyl (C=O) groups excluding carboxylic acids is 2. The number of rotatable bonds is 12. The molecule has 0 aromatic rings. The van der Waals surface area contributed by atoms with Crippen molar-refractivity contribution in [3.05, 3.63) is 11.8 Å². The Balaban J connectivity index is 0. The van der Waals surface area contributed by atoms with E-state index >= 15 is 0 Å². The van der Waals surface area contributed by atoms with Gasteiger partial charge < -0.3 is 19.1 Å². The van der Waals surface area contributed by atoms with Crippen molar-refractivity contribution in [1.29, 1.82) is 0 Å². The van der Waals surface area contributed by atoms with E-state index in [0.29, 0.717) is 38.0 Å². The molecule has 2 unspecified atom stereocenters. The molecule has 35 heavy (non-hydrogen) atoms. The average Bonchev–Trinajstić information content (AvgIpc) is 3.20. The highest BCUT2D eigenvalue weighted by Crippen LogP contribution is 2.49. The number of hydrogen-bond donors (Lipinski definition) is 7. The molecule has 0 aliphatic carbocycles. The normalized spacial score (nSPS) is 18.3. The molecular formula is C20H44N2O11P2+2. The molecule has 13 nitrogen and oxygen atoms in total. The maximum absolute atomic E-state index is 11.4. The van der Waals surface area contributed by atoms with Crippen molar-refractivity contribution >= 4 is 28.2 Å². The van der Waals surface area contributed by atoms with Gasteiger partial charge in [-0.15, -0.1) is 0 Å². The standard InChI is InChI=1S/C13H23N2O6P.C4H10O2.C3H10O3P/c1-10(13(17)14-9-16)8-15(2)12-6-5-11(21-12)4-3-7-22(18,19)20;1-5-3-4-6-2;1-3(2)7(4,5)6/h8-9,11-12,18-20H,3-7H2,1-2H3;3-4H2,1-2H3;3-6H,1-2H3/q;;+1/p+1/b10-8-;;. The van der Waals surface area contributed by atoms with E-state index in [0.717, 1.165) is 12.8 Å². The van der Waals surface area contributed by atoms with Gasteiger partial charge in [0.25, 0.3) is 5.91 Å². The summed E-state index contributed by atoms with van der Waals surface area (Å²) in [4.78, 5) is 75.2. The van der Waals surface area contributed by atoms with Crippen molar-refractivity contribution in [2.75, 3.05) is 40.6 Å². The molecule has 1 fully saturated rings. The highest BCUT2D eigenvalue weighted by Gasteiger charge is 2.34. The molecule has 7 N–H and O–H groups in total. The monoisotopic (exact) mass is 550 g/mol. The zero-order valence-electron chi connectivity index (χ0n) is 21.4. The van der Waals surface area contributed by atoms with E-state index in [-0.39, 0.29) is 18.5 Å². The van der Waals surface area contributed by atoms with Crippen LogP contribution >= 0.6 is 15.9 Å². The average molecular weight is 551 g/mol. The topological polar surface area (TPSA) is 198 Å². The Hall–Kier alpha value is -0.820. The van der Waals surface area contributed by atoms with Gasteiger partial charge in [0.15, 0.2) is 0 Å². The molecule has 1 aliphatic rings. The second kappa shape index (κ2) is 19.3. The Morgan fingerprint density at radius 2 is 1.63 bits per heavy atom. The summed E-state index contributed by atoms with van der Waals surface area (Å²) in [5, 5.41) is 2.07. The lowest BCUT2D eigenvalue weighted by atomic mass is 10.1. The van der Waals surface area contributed by atoms with Crippen molar-refractivity contribution in [2.24, 2.45) is 0 Å². The Labute approximate surface area is 208 Å². The molecule has 0 aromatic heterocycles. The summed E-state index contributed by atoms with van der Waals surface area (Å²) in [7, 11) is -2.09. The number of methoxy groups -OCH3 is 2. The Bertz CT molecular complexity index is 607. The Morgan fingerprint density at radius 1 is 1.11 bits per heavy atom. The molecule has 0 saturated carbocycles. The van der Waals surface area contributed by atoms with E-state index in [2.05, 4.69) is 14.8 Å². The van der Waals surface area contributed by atoms with Crippen LogP contribution in [-0.4, -0.2) is 105 Å². The third-order valence-electron chi connectivity index (χ3n) is 4.65. The maximum atomic E-state index is 11.4. The number of nitrogens with zero attached hydrogens (tertiary/aromatic N) is 1. The molecule has 2 atom stereocenters. The van der Waals surface area contributed by atoms with Crippen LogP contribution in [0, 0.1) is 0 Å². The number of nitrogens with one attached hydrogen (secondary N) is 1. The summed E-state index contributed by atoms with van der Waals surface area (Å²) in [6, 6.07) is 0. The van der Waals surface area contributed by atoms with E-state index in [1.807, 2.05) is 0 Å². The van der Waals surface area contributed by atoms with Crippen LogP contribution in [0.1, 0.15) is 46.5 Å². The van der Waals surface area contributed by atoms with Gasteiger partial charge >= 0.3 is 15.9 Å². The number of carbonyl (C=O) groups is 2. The molecular weight excluding hydrogens is 506 g/mol. The van der Waals surface area contributed by atoms with Gasteiger partial charge in [-0.05, 0) is 46.5 Å². The molecule has 0 radical (unpaired) electrons. The van der Waals surface area contributed by atoms with E-state index in [9.17, 15) is 9.59 Å². The Kier molecular flexibility index (Phi) is 20.1. The molecule has 1 aliphatic heterocycles. The van der Waals surface area contributed by atoms with Crippen LogP contribution in [0.4, 0.5) is 0 Å². The number of imide groups is 1. The maximum Gasteiger partial charge on any atom is 0.406 e. The molecule has 1 heterocycles. The fourth-order valence-corrected chi connectivity index (χ4v) is 3.12. The quantitative estimate of drug-likeness (QED) is 0.0771. The van der Waals surface area contributed by atoms with Crippen LogP contribution in [0.15, 0.2) is 11.8 Å². The molecule has 1 rings (SSSR count). The minimum atomic E-state index is -3.69. The number of hydrogen-bond acceptors (Lipinski definition) is 12. The van der Waals surface area contributed by atoms with E-state index in [1.54, 1.807) is 53.1 Å². The number of ether oxygens (including phenoxy) is 3. The fourth-order valence-electron chi connectivity index (χ4n) is 2.51. The van der Waals surface area contributed by atoms with E-state index < -0.39 is 27.5 Å². The third-order valence-corrected chi connectivity index (χ3v) is 6.96. The first kappa shape index (κ1) is 36.3. The highest BCUT2D eigenvalue weighted by atomic mass is 31.2. The van der Waals surface area contributed by atoms with Gasteiger partial charge in [-0.2, -0.15) is 29.4 Å². The smallest absolute Gasteiger partial charge is 0.382 e. The zero-order valence-corrected chi connectivity index (χ0v) is 23.2. The lowest BCUT2D eigenvalue weighted by Crippen LogP contribution is -2.29. The van der Waals surface area contributed by atoms with Crippen LogP contribution in [-0.2, 0) is 23.8 Å². The van der Waals surface area contributed by atoms with Crippen molar-refractivity contribution < 1.29 is 53.2 Å². The van der Waals surface area contributed by atoms with Crippen LogP contribution in [0.5, 0.6) is 0 Å². The summed E-state index contributed by atoms with van der Waals surface area (Å²) < 4.78 is 15.1. The van der Waals surface area contributed by atoms with E-state index in [1.165, 1.54) is 0 Å². The van der Waals surface area contributed by atoms with Gasteiger partial charge in [0.05, 0.1) is 19.3 Å². The molecule has 0 aromatic carbocycles. The number of amides is 2. The molecule has 208 valence electrons. The fraction of sp³-hybridized carbons (Fsp3) is 0.800. The summed E-state index contributed by atoms with van der Waals surface area (Å²) in [5.41, 5.74) is -0.0235. The van der Waals surface area contributed by atoms with Gasteiger partial charge in [-0.25, -0.2) is 0 Å². The van der Waals surface area contributed by atoms with Crippen molar-refractivity contribution in [2.45, 2.75) is 64.4 Å². The largest absolute Gasteiger partial charge is 0.406 e. The Morgan fingerprint density at radius 3 is 2.03 bits per heavy atom. The second-order valence-corrected chi connectivity index (χ2v) is 12.2. The third kappa shape index (κ3) is 21.0. The molecule has 0 bridgehead atoms. The van der Waals surface area contributed by atoms with Crippen LogP contribution in [0.2, 0.25) is 0 Å². The zero-order chi connectivity index (χ0) is 27.7. The van der Waals surface area contributed by atoms with Crippen LogP contribution in [0.25, 0.3) is 0 Å². The SMILES string of the molecule is C/C(=C/N(C)C1CCC(CCC[P+](O)(O)O)O1)C(=O)NC=O.CC(C)[P+](O)(O)O.COCCOC. The van der Waals surface area contributed by atoms with Gasteiger partial charge in [0.1, 0.15) is 18.0 Å². The van der Waals surface area contributed by atoms with Gasteiger partial charge in [0, 0.05) is 33.0 Å². The lowest BCUT2D eigenvalue weighted by Gasteiger charge is -2.23. The van der Waals surface area contributed by atoms with Crippen molar-refractivity contribution in [3.63, 3.8) is 0 Å². The predicted octanol–water partition coefficient (Wildman–Crippen LogP) is 0.533. The second-order valence-electron chi connectivity index (χ2n) is 8.11. The minimum Gasteiger partial charge on any atom is -0.382 e. The lowest BCUT2D eigenvalue weighted by molar-refractivity contribution is -0.122. The molecule has 0 spiro atoms. The molecule has 15 heteroatoms. The first-order valence-corrected chi connectivity index (χ1v) is 14.5. The van der Waals surface area contributed by atoms with Gasteiger partial charge in [0.2, 0.25) is 6.41 Å². The summed E-state index contributed by atoms with van der Waals surface area (Å²) in [6.45, 7) is 6.09. The van der Waals surface area contributed by atoms with E-state index in [4.69, 9.17) is 34.1 Å². The first-order chi connectivity index (χ1) is 16.1. The van der Waals surface area contributed by atoms with Gasteiger partial charge in [-0.3, -0.25) is 14.9 Å². The van der Waals surface area contributed by atoms with Crippen molar-refractivity contribution in [1.82, 2.24) is 10.2 Å². The highest BCUT2D eigenvalue weighted by molar-refractivity contribution is 7.59. The van der Waals surface area contributed by atoms with Crippen LogP contribution in [0.3, 0.4) is 0 Å². The molecule has 1 saturated heterocycles. The summed E-state index contributed by atoms with van der Waals surface area (Å²) >= 11 is 0. The van der Waals surface area contributed by atoms with Gasteiger partial charge in [-0.1, -0.05) is 0 Å². The first-order valence-electron chi connectivity index (χ1n) is 11.0. The van der Waals surface area contributed by atoms with Crippen LogP contribution < -0.4 is 5.32 Å². The van der Waals surface area contributed by atoms with Crippen molar-refractivity contribution in [3.8, 4) is 0 Å². The minimum absolute atomic E-state index is 0.00323. The molecule has 2 amide bonds. The summed E-state index contributed by atoms with van der Waals surface area (Å²) in [6.07, 6.45) is 4.52.